The van der Waals surface area contributed by atoms with Gasteiger partial charge in [0.15, 0.2) is 0 Å². The Morgan fingerprint density at radius 3 is 3.13 bits per heavy atom. The smallest absolute Gasteiger partial charge is 0.250 e. The van der Waals surface area contributed by atoms with E-state index in [1.807, 2.05) is 13.0 Å². The van der Waals surface area contributed by atoms with Gasteiger partial charge >= 0.3 is 0 Å². The predicted molar refractivity (Wildman–Crippen MR) is 59.3 cm³/mol. The summed E-state index contributed by atoms with van der Waals surface area (Å²) >= 11 is 0. The van der Waals surface area contributed by atoms with Gasteiger partial charge in [0.2, 0.25) is 5.56 Å². The third kappa shape index (κ3) is 2.83. The van der Waals surface area contributed by atoms with E-state index in [2.05, 4.69) is 10.3 Å². The zero-order valence-corrected chi connectivity index (χ0v) is 8.88. The van der Waals surface area contributed by atoms with Gasteiger partial charge < -0.3 is 15.0 Å². The van der Waals surface area contributed by atoms with Crippen molar-refractivity contribution < 1.29 is 4.74 Å². The van der Waals surface area contributed by atoms with Crippen LogP contribution in [0.5, 0.6) is 0 Å². The van der Waals surface area contributed by atoms with Crippen LogP contribution in [-0.2, 0) is 4.74 Å². The molecule has 0 radical (unpaired) electrons. The lowest BCUT2D eigenvalue weighted by Gasteiger charge is -2.11. The van der Waals surface area contributed by atoms with E-state index in [4.69, 9.17) is 4.74 Å². The van der Waals surface area contributed by atoms with Crippen molar-refractivity contribution in [1.82, 2.24) is 4.98 Å². The maximum Gasteiger partial charge on any atom is 0.250 e. The summed E-state index contributed by atoms with van der Waals surface area (Å²) < 4.78 is 5.49. The van der Waals surface area contributed by atoms with Crippen LogP contribution in [0.2, 0.25) is 0 Å². The molecule has 82 valence electrons. The standard InChI is InChI=1S/C11H16N2O2/c1-8-5-9(6-11(14)13-8)12-7-10-3-2-4-15-10/h5-6,10H,2-4,7H2,1H3,(H2,12,13,14). The first-order chi connectivity index (χ1) is 7.24. The number of aryl methyl sites for hydroxylation is 1. The minimum Gasteiger partial charge on any atom is -0.382 e. The largest absolute Gasteiger partial charge is 0.382 e. The number of ether oxygens (including phenoxy) is 1. The van der Waals surface area contributed by atoms with Gasteiger partial charge in [-0.3, -0.25) is 4.79 Å². The van der Waals surface area contributed by atoms with Crippen LogP contribution in [0, 0.1) is 6.92 Å². The number of pyridine rings is 1. The van der Waals surface area contributed by atoms with Crippen molar-refractivity contribution in [1.29, 1.82) is 0 Å². The lowest BCUT2D eigenvalue weighted by molar-refractivity contribution is 0.120. The van der Waals surface area contributed by atoms with Gasteiger partial charge in [-0.2, -0.15) is 0 Å². The summed E-state index contributed by atoms with van der Waals surface area (Å²) in [6.07, 6.45) is 2.54. The van der Waals surface area contributed by atoms with Crippen molar-refractivity contribution in [2.75, 3.05) is 18.5 Å². The molecule has 1 aliphatic rings. The Kier molecular flexibility index (Phi) is 3.06. The summed E-state index contributed by atoms with van der Waals surface area (Å²) in [5.41, 5.74) is 1.67. The Hall–Kier alpha value is -1.29. The number of H-pyrrole nitrogens is 1. The van der Waals surface area contributed by atoms with Crippen LogP contribution in [0.3, 0.4) is 0 Å². The average molecular weight is 208 g/mol. The number of rotatable bonds is 3. The molecular weight excluding hydrogens is 192 g/mol. The number of hydrogen-bond acceptors (Lipinski definition) is 3. The predicted octanol–water partition coefficient (Wildman–Crippen LogP) is 1.27. The first kappa shape index (κ1) is 10.2. The van der Waals surface area contributed by atoms with Gasteiger partial charge in [-0.05, 0) is 25.8 Å². The maximum atomic E-state index is 11.2. The van der Waals surface area contributed by atoms with Crippen molar-refractivity contribution >= 4 is 5.69 Å². The summed E-state index contributed by atoms with van der Waals surface area (Å²) in [7, 11) is 0. The summed E-state index contributed by atoms with van der Waals surface area (Å²) in [6.45, 7) is 3.52. The monoisotopic (exact) mass is 208 g/mol. The molecule has 4 heteroatoms. The van der Waals surface area contributed by atoms with Gasteiger partial charge in [0.05, 0.1) is 6.10 Å². The van der Waals surface area contributed by atoms with Gasteiger partial charge in [-0.1, -0.05) is 0 Å². The van der Waals surface area contributed by atoms with E-state index in [1.165, 1.54) is 0 Å². The molecule has 0 saturated carbocycles. The van der Waals surface area contributed by atoms with Gasteiger partial charge in [0, 0.05) is 30.6 Å². The highest BCUT2D eigenvalue weighted by Gasteiger charge is 2.14. The van der Waals surface area contributed by atoms with Crippen molar-refractivity contribution in [3.63, 3.8) is 0 Å². The molecule has 0 amide bonds. The quantitative estimate of drug-likeness (QED) is 0.786. The SMILES string of the molecule is Cc1cc(NCC2CCCO2)cc(=O)[nH]1. The van der Waals surface area contributed by atoms with E-state index in [0.717, 1.165) is 37.4 Å². The fourth-order valence-electron chi connectivity index (χ4n) is 1.82. The molecule has 4 nitrogen and oxygen atoms in total. The third-order valence-corrected chi connectivity index (χ3v) is 2.54. The van der Waals surface area contributed by atoms with Crippen LogP contribution in [0.15, 0.2) is 16.9 Å². The number of hydrogen-bond donors (Lipinski definition) is 2. The highest BCUT2D eigenvalue weighted by Crippen LogP contribution is 2.13. The molecule has 0 aliphatic carbocycles. The number of nitrogens with one attached hydrogen (secondary N) is 2. The second-order valence-electron chi connectivity index (χ2n) is 3.93. The minimum atomic E-state index is -0.0650. The molecule has 1 aliphatic heterocycles. The van der Waals surface area contributed by atoms with E-state index in [0.29, 0.717) is 6.10 Å². The first-order valence-electron chi connectivity index (χ1n) is 5.30. The van der Waals surface area contributed by atoms with Crippen LogP contribution in [0.25, 0.3) is 0 Å². The van der Waals surface area contributed by atoms with E-state index in [9.17, 15) is 4.79 Å². The summed E-state index contributed by atoms with van der Waals surface area (Å²) in [6, 6.07) is 3.50. The number of aromatic amines is 1. The molecule has 2 rings (SSSR count). The fraction of sp³-hybridized carbons (Fsp3) is 0.545. The molecule has 2 heterocycles. The van der Waals surface area contributed by atoms with Crippen molar-refractivity contribution in [2.24, 2.45) is 0 Å². The zero-order valence-electron chi connectivity index (χ0n) is 8.88. The lowest BCUT2D eigenvalue weighted by atomic mass is 10.2. The molecule has 1 saturated heterocycles. The molecular formula is C11H16N2O2. The van der Waals surface area contributed by atoms with Crippen LogP contribution in [0.1, 0.15) is 18.5 Å². The van der Waals surface area contributed by atoms with Gasteiger partial charge in [-0.25, -0.2) is 0 Å². The molecule has 0 bridgehead atoms. The Balaban J connectivity index is 1.95. The van der Waals surface area contributed by atoms with Crippen LogP contribution >= 0.6 is 0 Å². The van der Waals surface area contributed by atoms with Gasteiger partial charge in [0.25, 0.3) is 0 Å². The molecule has 15 heavy (non-hydrogen) atoms. The Morgan fingerprint density at radius 1 is 1.60 bits per heavy atom. The summed E-state index contributed by atoms with van der Waals surface area (Å²) in [5.74, 6) is 0. The average Bonchev–Trinajstić information content (AvgIpc) is 2.65. The number of aromatic nitrogens is 1. The lowest BCUT2D eigenvalue weighted by Crippen LogP contribution is -2.19. The second-order valence-corrected chi connectivity index (χ2v) is 3.93. The highest BCUT2D eigenvalue weighted by atomic mass is 16.5. The number of anilines is 1. The van der Waals surface area contributed by atoms with Gasteiger partial charge in [0.1, 0.15) is 0 Å². The van der Waals surface area contributed by atoms with E-state index in [1.54, 1.807) is 6.07 Å². The van der Waals surface area contributed by atoms with E-state index >= 15 is 0 Å². The summed E-state index contributed by atoms with van der Waals surface area (Å²) in [5, 5.41) is 3.22. The summed E-state index contributed by atoms with van der Waals surface area (Å²) in [4.78, 5) is 13.9. The molecule has 0 aromatic carbocycles. The second kappa shape index (κ2) is 4.49. The molecule has 1 unspecified atom stereocenters. The molecule has 2 N–H and O–H groups in total. The zero-order chi connectivity index (χ0) is 10.7. The Labute approximate surface area is 88.7 Å². The third-order valence-electron chi connectivity index (χ3n) is 2.54. The normalized spacial score (nSPS) is 20.5. The first-order valence-corrected chi connectivity index (χ1v) is 5.30. The van der Waals surface area contributed by atoms with Crippen LogP contribution in [0.4, 0.5) is 5.69 Å². The van der Waals surface area contributed by atoms with Gasteiger partial charge in [-0.15, -0.1) is 0 Å². The van der Waals surface area contributed by atoms with E-state index in [-0.39, 0.29) is 5.56 Å². The van der Waals surface area contributed by atoms with Crippen LogP contribution in [-0.4, -0.2) is 24.2 Å². The van der Waals surface area contributed by atoms with Crippen molar-refractivity contribution in [2.45, 2.75) is 25.9 Å². The topological polar surface area (TPSA) is 54.1 Å². The van der Waals surface area contributed by atoms with Crippen LogP contribution < -0.4 is 10.9 Å². The highest BCUT2D eigenvalue weighted by molar-refractivity contribution is 5.42. The molecule has 1 atom stereocenters. The Bertz CT molecular complexity index is 380. The Morgan fingerprint density at radius 2 is 2.47 bits per heavy atom. The van der Waals surface area contributed by atoms with Crippen molar-refractivity contribution in [3.8, 4) is 0 Å². The minimum absolute atomic E-state index is 0.0650. The van der Waals surface area contributed by atoms with Crippen molar-refractivity contribution in [3.05, 3.63) is 28.2 Å². The molecule has 1 aromatic rings. The molecule has 1 aromatic heterocycles. The maximum absolute atomic E-state index is 11.2. The molecule has 1 fully saturated rings. The van der Waals surface area contributed by atoms with E-state index < -0.39 is 0 Å². The molecule has 0 spiro atoms. The fourth-order valence-corrected chi connectivity index (χ4v) is 1.82.